The van der Waals surface area contributed by atoms with Gasteiger partial charge < -0.3 is 0 Å². The molecule has 0 saturated heterocycles. The van der Waals surface area contributed by atoms with Crippen molar-refractivity contribution in [1.82, 2.24) is 0 Å². The van der Waals surface area contributed by atoms with E-state index in [1.54, 1.807) is 6.07 Å². The van der Waals surface area contributed by atoms with Crippen LogP contribution in [0.2, 0.25) is 36.3 Å². The van der Waals surface area contributed by atoms with Gasteiger partial charge in [0.05, 0.1) is 21.0 Å². The molecule has 0 atom stereocenters. The van der Waals surface area contributed by atoms with Crippen LogP contribution in [0.25, 0.3) is 0 Å². The second-order valence-electron chi connectivity index (χ2n) is 6.87. The maximum Gasteiger partial charge on any atom is 0.294 e. The van der Waals surface area contributed by atoms with Gasteiger partial charge in [-0.3, -0.25) is 4.55 Å². The number of hydrogen-bond donors (Lipinski definition) is 1. The van der Waals surface area contributed by atoms with Gasteiger partial charge in [0, 0.05) is 0 Å². The molecule has 0 bridgehead atoms. The number of rotatable bonds is 9. The third-order valence-electron chi connectivity index (χ3n) is 6.50. The van der Waals surface area contributed by atoms with Gasteiger partial charge in [-0.1, -0.05) is 95.1 Å². The standard InChI is InChI=1S/C18H34O3SSi2/c1-7-23(8-2,9-3)16-13-14-17(22(19,20)21)18(15-16)24(10-4,11-5)12-6/h13-15H,7-12H2,1-6H3,(H,19,20,21). The average Bonchev–Trinajstić information content (AvgIpc) is 2.58. The summed E-state index contributed by atoms with van der Waals surface area (Å²) in [6.07, 6.45) is 0. The van der Waals surface area contributed by atoms with Crippen LogP contribution in [0.15, 0.2) is 23.1 Å². The molecule has 6 heteroatoms. The predicted molar refractivity (Wildman–Crippen MR) is 110 cm³/mol. The van der Waals surface area contributed by atoms with Gasteiger partial charge in [-0.15, -0.1) is 0 Å². The lowest BCUT2D eigenvalue weighted by Crippen LogP contribution is -2.53. The zero-order chi connectivity index (χ0) is 18.6. The fourth-order valence-corrected chi connectivity index (χ4v) is 13.3. The van der Waals surface area contributed by atoms with Crippen LogP contribution in [0.5, 0.6) is 0 Å². The summed E-state index contributed by atoms with van der Waals surface area (Å²) >= 11 is 0. The summed E-state index contributed by atoms with van der Waals surface area (Å²) in [6, 6.07) is 12.4. The van der Waals surface area contributed by atoms with Crippen LogP contribution in [-0.2, 0) is 10.1 Å². The monoisotopic (exact) mass is 386 g/mol. The molecule has 1 rings (SSSR count). The van der Waals surface area contributed by atoms with Crippen LogP contribution in [0, 0.1) is 0 Å². The van der Waals surface area contributed by atoms with E-state index < -0.39 is 26.3 Å². The van der Waals surface area contributed by atoms with Crippen LogP contribution >= 0.6 is 0 Å². The van der Waals surface area contributed by atoms with E-state index in [0.29, 0.717) is 0 Å². The largest absolute Gasteiger partial charge is 0.294 e. The Bertz CT molecular complexity index is 632. The lowest BCUT2D eigenvalue weighted by molar-refractivity contribution is 0.484. The highest BCUT2D eigenvalue weighted by Crippen LogP contribution is 2.26. The molecule has 3 nitrogen and oxygen atoms in total. The zero-order valence-electron chi connectivity index (χ0n) is 16.1. The molecule has 0 aliphatic rings. The molecule has 24 heavy (non-hydrogen) atoms. The quantitative estimate of drug-likeness (QED) is 0.506. The van der Waals surface area contributed by atoms with E-state index in [1.807, 2.05) is 6.07 Å². The fraction of sp³-hybridized carbons (Fsp3) is 0.667. The Morgan fingerprint density at radius 3 is 1.54 bits per heavy atom. The third-order valence-corrected chi connectivity index (χ3v) is 18.8. The van der Waals surface area contributed by atoms with E-state index in [4.69, 9.17) is 0 Å². The minimum absolute atomic E-state index is 0.162. The molecule has 0 fully saturated rings. The third kappa shape index (κ3) is 3.87. The molecule has 0 radical (unpaired) electrons. The first-order valence-corrected chi connectivity index (χ1v) is 16.0. The van der Waals surface area contributed by atoms with Crippen LogP contribution in [0.3, 0.4) is 0 Å². The maximum absolute atomic E-state index is 12.0. The van der Waals surface area contributed by atoms with Gasteiger partial charge in [0.1, 0.15) is 0 Å². The van der Waals surface area contributed by atoms with Gasteiger partial charge in [-0.25, -0.2) is 0 Å². The van der Waals surface area contributed by atoms with Crippen molar-refractivity contribution >= 4 is 36.6 Å². The summed E-state index contributed by atoms with van der Waals surface area (Å²) in [6.45, 7) is 13.3. The second kappa shape index (κ2) is 8.30. The van der Waals surface area contributed by atoms with E-state index in [2.05, 4.69) is 47.6 Å². The van der Waals surface area contributed by atoms with Crippen LogP contribution in [0.4, 0.5) is 0 Å². The summed E-state index contributed by atoms with van der Waals surface area (Å²) in [4.78, 5) is 0.162. The van der Waals surface area contributed by atoms with Crippen LogP contribution in [-0.4, -0.2) is 29.1 Å². The Morgan fingerprint density at radius 1 is 0.792 bits per heavy atom. The van der Waals surface area contributed by atoms with E-state index in [9.17, 15) is 13.0 Å². The van der Waals surface area contributed by atoms with Crippen molar-refractivity contribution in [2.24, 2.45) is 0 Å². The van der Waals surface area contributed by atoms with E-state index in [0.717, 1.165) is 23.3 Å². The first-order chi connectivity index (χ1) is 11.2. The summed E-state index contributed by atoms with van der Waals surface area (Å²) in [7, 11) is -7.67. The summed E-state index contributed by atoms with van der Waals surface area (Å²) < 4.78 is 33.8. The molecule has 0 amide bonds. The van der Waals surface area contributed by atoms with Gasteiger partial charge >= 0.3 is 0 Å². The molecule has 0 aliphatic heterocycles. The lowest BCUT2D eigenvalue weighted by atomic mass is 10.3. The minimum atomic E-state index is -4.18. The SMILES string of the molecule is CC[Si](CC)(CC)c1ccc(S(=O)(=O)O)c([Si](CC)(CC)CC)c1. The van der Waals surface area contributed by atoms with Crippen molar-refractivity contribution in [3.63, 3.8) is 0 Å². The van der Waals surface area contributed by atoms with Crippen molar-refractivity contribution in [3.8, 4) is 0 Å². The molecular weight excluding hydrogens is 352 g/mol. The number of benzene rings is 1. The summed E-state index contributed by atoms with van der Waals surface area (Å²) in [5.74, 6) is 0. The first-order valence-electron chi connectivity index (χ1n) is 9.32. The Hall–Kier alpha value is -0.436. The molecule has 1 aromatic carbocycles. The smallest absolute Gasteiger partial charge is 0.282 e. The van der Waals surface area contributed by atoms with Crippen LogP contribution in [0.1, 0.15) is 41.5 Å². The van der Waals surface area contributed by atoms with Crippen molar-refractivity contribution < 1.29 is 13.0 Å². The first kappa shape index (κ1) is 21.6. The van der Waals surface area contributed by atoms with Gasteiger partial charge in [-0.05, 0) is 11.3 Å². The Morgan fingerprint density at radius 2 is 1.21 bits per heavy atom. The van der Waals surface area contributed by atoms with Gasteiger partial charge in [-0.2, -0.15) is 8.42 Å². The second-order valence-corrected chi connectivity index (χ2v) is 18.7. The van der Waals surface area contributed by atoms with Crippen molar-refractivity contribution in [2.45, 2.75) is 82.7 Å². The molecule has 0 saturated carbocycles. The van der Waals surface area contributed by atoms with Crippen molar-refractivity contribution in [3.05, 3.63) is 18.2 Å². The van der Waals surface area contributed by atoms with Gasteiger partial charge in [0.25, 0.3) is 10.1 Å². The molecule has 0 aromatic heterocycles. The predicted octanol–water partition coefficient (Wildman–Crippen LogP) is 4.36. The maximum atomic E-state index is 12.0. The minimum Gasteiger partial charge on any atom is -0.282 e. The highest BCUT2D eigenvalue weighted by Gasteiger charge is 2.37. The van der Waals surface area contributed by atoms with E-state index in [-0.39, 0.29) is 4.90 Å². The van der Waals surface area contributed by atoms with Crippen LogP contribution < -0.4 is 10.4 Å². The molecule has 0 spiro atoms. The fourth-order valence-electron chi connectivity index (χ4n) is 4.18. The Kier molecular flexibility index (Phi) is 7.47. The Labute approximate surface area is 150 Å². The molecule has 1 N–H and O–H groups in total. The van der Waals surface area contributed by atoms with E-state index >= 15 is 0 Å². The topological polar surface area (TPSA) is 54.4 Å². The lowest BCUT2D eigenvalue weighted by Gasteiger charge is -2.34. The molecule has 1 aromatic rings. The Balaban J connectivity index is 3.79. The van der Waals surface area contributed by atoms with Gasteiger partial charge in [0.2, 0.25) is 0 Å². The van der Waals surface area contributed by atoms with Crippen molar-refractivity contribution in [1.29, 1.82) is 0 Å². The number of hydrogen-bond acceptors (Lipinski definition) is 2. The normalized spacial score (nSPS) is 13.3. The average molecular weight is 387 g/mol. The summed E-state index contributed by atoms with van der Waals surface area (Å²) in [5, 5.41) is 2.33. The molecule has 138 valence electrons. The molecular formula is C18H34O3SSi2. The highest BCUT2D eigenvalue weighted by molar-refractivity contribution is 7.86. The molecule has 0 heterocycles. The van der Waals surface area contributed by atoms with Crippen molar-refractivity contribution in [2.75, 3.05) is 0 Å². The molecule has 0 unspecified atom stereocenters. The van der Waals surface area contributed by atoms with E-state index in [1.165, 1.54) is 23.3 Å². The molecule has 0 aliphatic carbocycles. The highest BCUT2D eigenvalue weighted by atomic mass is 32.2. The zero-order valence-corrected chi connectivity index (χ0v) is 19.0. The van der Waals surface area contributed by atoms with Gasteiger partial charge in [0.15, 0.2) is 0 Å². The summed E-state index contributed by atoms with van der Waals surface area (Å²) in [5.41, 5.74) is 0.